The lowest BCUT2D eigenvalue weighted by molar-refractivity contribution is -0.132. The van der Waals surface area contributed by atoms with Crippen LogP contribution in [0.3, 0.4) is 0 Å². The number of nitrogens with zero attached hydrogens (tertiary/aromatic N) is 2. The first kappa shape index (κ1) is 13.6. The Labute approximate surface area is 105 Å². The number of hydrogen-bond donors (Lipinski definition) is 0. The van der Waals surface area contributed by atoms with Crippen LogP contribution in [0.2, 0.25) is 5.02 Å². The fourth-order valence-corrected chi connectivity index (χ4v) is 2.03. The maximum absolute atomic E-state index is 12.0. The molecule has 0 saturated carbocycles. The van der Waals surface area contributed by atoms with Crippen LogP contribution in [-0.4, -0.2) is 24.8 Å². The number of pyridine rings is 1. The third-order valence-electron chi connectivity index (χ3n) is 1.88. The van der Waals surface area contributed by atoms with E-state index < -0.39 is 12.6 Å². The van der Waals surface area contributed by atoms with E-state index in [-0.39, 0.29) is 6.54 Å². The van der Waals surface area contributed by atoms with Crippen molar-refractivity contribution in [3.05, 3.63) is 21.8 Å². The topological polar surface area (TPSA) is 16.1 Å². The molecule has 0 radical (unpaired) electrons. The lowest BCUT2D eigenvalue weighted by Crippen LogP contribution is -2.25. The number of rotatable bonds is 3. The van der Waals surface area contributed by atoms with Crippen LogP contribution in [0.4, 0.5) is 19.0 Å². The Morgan fingerprint density at radius 1 is 1.50 bits per heavy atom. The van der Waals surface area contributed by atoms with Gasteiger partial charge in [0.2, 0.25) is 0 Å². The van der Waals surface area contributed by atoms with Gasteiger partial charge < -0.3 is 4.90 Å². The molecular weight excluding hydrogens is 308 g/mol. The highest BCUT2D eigenvalue weighted by Crippen LogP contribution is 2.27. The second kappa shape index (κ2) is 5.23. The van der Waals surface area contributed by atoms with E-state index in [9.17, 15) is 13.2 Å². The normalized spacial score (nSPS) is 11.6. The molecule has 0 amide bonds. The van der Waals surface area contributed by atoms with Crippen molar-refractivity contribution in [1.29, 1.82) is 0 Å². The predicted octanol–water partition coefficient (Wildman–Crippen LogP) is 3.89. The Kier molecular flexibility index (Phi) is 4.43. The molecule has 16 heavy (non-hydrogen) atoms. The number of hydrogen-bond acceptors (Lipinski definition) is 2. The molecule has 0 spiro atoms. The van der Waals surface area contributed by atoms with Gasteiger partial charge >= 0.3 is 6.18 Å². The molecule has 0 aliphatic rings. The van der Waals surface area contributed by atoms with E-state index in [1.165, 1.54) is 11.1 Å². The standard InChI is InChI=1S/C9H9BrClF3N2/c1-16(3-2-9(12,13)14)8-7(10)4-6(11)5-15-8/h4-5H,2-3H2,1H3. The zero-order valence-electron chi connectivity index (χ0n) is 8.35. The third-order valence-corrected chi connectivity index (χ3v) is 2.67. The second-order valence-electron chi connectivity index (χ2n) is 3.25. The molecule has 0 aliphatic heterocycles. The first-order valence-electron chi connectivity index (χ1n) is 4.38. The second-order valence-corrected chi connectivity index (χ2v) is 4.54. The molecular formula is C9H9BrClF3N2. The molecule has 0 bridgehead atoms. The van der Waals surface area contributed by atoms with Crippen LogP contribution in [0, 0.1) is 0 Å². The predicted molar refractivity (Wildman–Crippen MR) is 60.9 cm³/mol. The number of alkyl halides is 3. The highest BCUT2D eigenvalue weighted by molar-refractivity contribution is 9.10. The Morgan fingerprint density at radius 2 is 2.12 bits per heavy atom. The van der Waals surface area contributed by atoms with E-state index in [4.69, 9.17) is 11.6 Å². The minimum Gasteiger partial charge on any atom is -0.358 e. The summed E-state index contributed by atoms with van der Waals surface area (Å²) in [4.78, 5) is 5.38. The monoisotopic (exact) mass is 316 g/mol. The molecule has 1 aromatic heterocycles. The Morgan fingerprint density at radius 3 is 2.62 bits per heavy atom. The number of halogens is 5. The van der Waals surface area contributed by atoms with Crippen LogP contribution in [-0.2, 0) is 0 Å². The van der Waals surface area contributed by atoms with Gasteiger partial charge in [-0.25, -0.2) is 4.98 Å². The summed E-state index contributed by atoms with van der Waals surface area (Å²) in [6, 6.07) is 1.59. The van der Waals surface area contributed by atoms with Gasteiger partial charge in [0.25, 0.3) is 0 Å². The van der Waals surface area contributed by atoms with Crippen LogP contribution in [0.1, 0.15) is 6.42 Å². The largest absolute Gasteiger partial charge is 0.390 e. The Hall–Kier alpha value is -0.490. The SMILES string of the molecule is CN(CCC(F)(F)F)c1ncc(Cl)cc1Br. The molecule has 0 fully saturated rings. The highest BCUT2D eigenvalue weighted by atomic mass is 79.9. The molecule has 0 atom stereocenters. The zero-order valence-corrected chi connectivity index (χ0v) is 10.7. The van der Waals surface area contributed by atoms with Gasteiger partial charge in [0.15, 0.2) is 0 Å². The molecule has 1 rings (SSSR count). The fourth-order valence-electron chi connectivity index (χ4n) is 1.09. The van der Waals surface area contributed by atoms with Gasteiger partial charge in [-0.2, -0.15) is 13.2 Å². The number of anilines is 1. The van der Waals surface area contributed by atoms with E-state index in [1.54, 1.807) is 13.1 Å². The molecule has 0 aliphatic carbocycles. The molecule has 1 aromatic rings. The molecule has 0 aromatic carbocycles. The van der Waals surface area contributed by atoms with Crippen molar-refractivity contribution >= 4 is 33.3 Å². The molecule has 2 nitrogen and oxygen atoms in total. The molecule has 0 N–H and O–H groups in total. The van der Waals surface area contributed by atoms with E-state index >= 15 is 0 Å². The van der Waals surface area contributed by atoms with Gasteiger partial charge in [-0.1, -0.05) is 11.6 Å². The first-order chi connectivity index (χ1) is 7.29. The van der Waals surface area contributed by atoms with Crippen molar-refractivity contribution in [3.8, 4) is 0 Å². The molecule has 0 saturated heterocycles. The molecule has 90 valence electrons. The van der Waals surface area contributed by atoms with Crippen LogP contribution in [0.5, 0.6) is 0 Å². The van der Waals surface area contributed by atoms with Crippen LogP contribution >= 0.6 is 27.5 Å². The van der Waals surface area contributed by atoms with Crippen LogP contribution < -0.4 is 4.90 Å². The van der Waals surface area contributed by atoms with Gasteiger partial charge in [-0.15, -0.1) is 0 Å². The summed E-state index contributed by atoms with van der Waals surface area (Å²) in [5.41, 5.74) is 0. The summed E-state index contributed by atoms with van der Waals surface area (Å²) < 4.78 is 36.6. The summed E-state index contributed by atoms with van der Waals surface area (Å²) in [6.45, 7) is -0.142. The van der Waals surface area contributed by atoms with Gasteiger partial charge in [0.05, 0.1) is 15.9 Å². The fraction of sp³-hybridized carbons (Fsp3) is 0.444. The maximum atomic E-state index is 12.0. The quantitative estimate of drug-likeness (QED) is 0.841. The summed E-state index contributed by atoms with van der Waals surface area (Å²) in [6.07, 6.45) is -3.64. The first-order valence-corrected chi connectivity index (χ1v) is 5.55. The minimum absolute atomic E-state index is 0.142. The lowest BCUT2D eigenvalue weighted by Gasteiger charge is -2.20. The maximum Gasteiger partial charge on any atom is 0.390 e. The van der Waals surface area contributed by atoms with E-state index in [0.29, 0.717) is 15.3 Å². The summed E-state index contributed by atoms with van der Waals surface area (Å²) in [7, 11) is 1.55. The molecule has 0 unspecified atom stereocenters. The van der Waals surface area contributed by atoms with Gasteiger partial charge in [0.1, 0.15) is 5.82 Å². The van der Waals surface area contributed by atoms with Gasteiger partial charge in [-0.3, -0.25) is 0 Å². The zero-order chi connectivity index (χ0) is 12.3. The van der Waals surface area contributed by atoms with Crippen LogP contribution in [0.15, 0.2) is 16.7 Å². The smallest absolute Gasteiger partial charge is 0.358 e. The average molecular weight is 318 g/mol. The van der Waals surface area contributed by atoms with E-state index in [0.717, 1.165) is 0 Å². The van der Waals surface area contributed by atoms with Crippen molar-refractivity contribution < 1.29 is 13.2 Å². The van der Waals surface area contributed by atoms with Crippen molar-refractivity contribution in [2.24, 2.45) is 0 Å². The van der Waals surface area contributed by atoms with Crippen molar-refractivity contribution in [2.45, 2.75) is 12.6 Å². The third kappa shape index (κ3) is 4.17. The molecule has 7 heteroatoms. The number of aromatic nitrogens is 1. The minimum atomic E-state index is -4.16. The average Bonchev–Trinajstić information content (AvgIpc) is 2.13. The summed E-state index contributed by atoms with van der Waals surface area (Å²) in [5, 5.41) is 0.430. The Bertz CT molecular complexity index is 370. The van der Waals surface area contributed by atoms with Gasteiger partial charge in [0, 0.05) is 19.8 Å². The summed E-state index contributed by atoms with van der Waals surface area (Å²) in [5.74, 6) is 0.439. The van der Waals surface area contributed by atoms with E-state index in [1.807, 2.05) is 0 Å². The van der Waals surface area contributed by atoms with Crippen molar-refractivity contribution in [2.75, 3.05) is 18.5 Å². The van der Waals surface area contributed by atoms with Crippen LogP contribution in [0.25, 0.3) is 0 Å². The highest BCUT2D eigenvalue weighted by Gasteiger charge is 2.27. The molecule has 1 heterocycles. The van der Waals surface area contributed by atoms with E-state index in [2.05, 4.69) is 20.9 Å². The Balaban J connectivity index is 2.70. The van der Waals surface area contributed by atoms with Crippen molar-refractivity contribution in [1.82, 2.24) is 4.98 Å². The van der Waals surface area contributed by atoms with Gasteiger partial charge in [-0.05, 0) is 22.0 Å². The lowest BCUT2D eigenvalue weighted by atomic mass is 10.3. The van der Waals surface area contributed by atoms with Crippen molar-refractivity contribution in [3.63, 3.8) is 0 Å². The summed E-state index contributed by atoms with van der Waals surface area (Å²) >= 11 is 8.88.